The first-order valence-corrected chi connectivity index (χ1v) is 6.29. The molecule has 2 radical (unpaired) electrons. The summed E-state index contributed by atoms with van der Waals surface area (Å²) in [6.45, 7) is 0. The second-order valence-corrected chi connectivity index (χ2v) is 5.24. The van der Waals surface area contributed by atoms with Crippen molar-refractivity contribution in [3.63, 3.8) is 0 Å². The number of hydrogen-bond donors (Lipinski definition) is 0. The highest BCUT2D eigenvalue weighted by Gasteiger charge is 2.40. The highest BCUT2D eigenvalue weighted by atomic mass is 14.4. The van der Waals surface area contributed by atoms with Gasteiger partial charge in [0.2, 0.25) is 0 Å². The summed E-state index contributed by atoms with van der Waals surface area (Å²) in [4.78, 5) is 0. The minimum absolute atomic E-state index is 0.0756. The summed E-state index contributed by atoms with van der Waals surface area (Å²) in [5.41, 5.74) is 1.62. The quantitative estimate of drug-likeness (QED) is 0.626. The van der Waals surface area contributed by atoms with Gasteiger partial charge in [0.05, 0.1) is 0 Å². The van der Waals surface area contributed by atoms with Crippen LogP contribution < -0.4 is 10.4 Å². The Bertz CT molecular complexity index is 608. The fourth-order valence-electron chi connectivity index (χ4n) is 3.28. The predicted octanol–water partition coefficient (Wildman–Crippen LogP) is 2.24. The van der Waals surface area contributed by atoms with Crippen molar-refractivity contribution in [1.29, 1.82) is 0 Å². The van der Waals surface area contributed by atoms with Gasteiger partial charge in [-0.3, -0.25) is 0 Å². The fourth-order valence-corrected chi connectivity index (χ4v) is 3.28. The maximum absolute atomic E-state index is 3.78. The summed E-state index contributed by atoms with van der Waals surface area (Å²) in [7, 11) is 0. The Balaban J connectivity index is 1.81. The smallest absolute Gasteiger partial charge is 0.0191 e. The molecule has 1 spiro atoms. The molecule has 0 heterocycles. The van der Waals surface area contributed by atoms with Gasteiger partial charge in [-0.05, 0) is 29.2 Å². The van der Waals surface area contributed by atoms with Crippen LogP contribution >= 0.6 is 0 Å². The van der Waals surface area contributed by atoms with Crippen molar-refractivity contribution in [3.8, 4) is 0 Å². The van der Waals surface area contributed by atoms with E-state index in [1.807, 2.05) is 0 Å². The van der Waals surface area contributed by atoms with E-state index in [4.69, 9.17) is 0 Å². The maximum Gasteiger partial charge on any atom is 0.0191 e. The van der Waals surface area contributed by atoms with Crippen molar-refractivity contribution in [2.24, 2.45) is 11.3 Å². The lowest BCUT2D eigenvalue weighted by Gasteiger charge is -2.16. The zero-order valence-electron chi connectivity index (χ0n) is 9.69. The molecule has 3 aliphatic rings. The Morgan fingerprint density at radius 3 is 2.59 bits per heavy atom. The number of hydrogen-bond acceptors (Lipinski definition) is 0. The molecule has 4 rings (SSSR count). The van der Waals surface area contributed by atoms with E-state index >= 15 is 0 Å². The van der Waals surface area contributed by atoms with Crippen LogP contribution in [-0.4, -0.2) is 0 Å². The molecule has 0 saturated heterocycles. The Hall–Kier alpha value is -1.56. The molecular formula is C17H14. The Morgan fingerprint density at radius 2 is 1.88 bits per heavy atom. The molecule has 0 N–H and O–H groups in total. The van der Waals surface area contributed by atoms with Crippen molar-refractivity contribution >= 4 is 12.2 Å². The molecule has 0 aromatic heterocycles. The van der Waals surface area contributed by atoms with Gasteiger partial charge in [-0.15, -0.1) is 0 Å². The summed E-state index contributed by atoms with van der Waals surface area (Å²) < 4.78 is 0. The van der Waals surface area contributed by atoms with Gasteiger partial charge in [-0.2, -0.15) is 0 Å². The molecule has 1 aromatic rings. The fraction of sp³-hybridized carbons (Fsp3) is 0.235. The molecule has 1 atom stereocenters. The average molecular weight is 218 g/mol. The molecule has 1 aromatic carbocycles. The molecule has 3 aliphatic carbocycles. The first-order chi connectivity index (χ1) is 8.35. The highest BCUT2D eigenvalue weighted by molar-refractivity contribution is 5.63. The van der Waals surface area contributed by atoms with Gasteiger partial charge in [0, 0.05) is 11.8 Å². The van der Waals surface area contributed by atoms with Gasteiger partial charge >= 0.3 is 0 Å². The van der Waals surface area contributed by atoms with Gasteiger partial charge in [0.1, 0.15) is 0 Å². The number of rotatable bonds is 0. The Labute approximate surface area is 102 Å². The zero-order chi connectivity index (χ0) is 11.3. The molecule has 1 fully saturated rings. The van der Waals surface area contributed by atoms with Crippen molar-refractivity contribution < 1.29 is 0 Å². The van der Waals surface area contributed by atoms with Crippen molar-refractivity contribution in [2.45, 2.75) is 12.8 Å². The third kappa shape index (κ3) is 1.37. The first kappa shape index (κ1) is 9.47. The van der Waals surface area contributed by atoms with E-state index in [2.05, 4.69) is 61.1 Å². The Morgan fingerprint density at radius 1 is 1.12 bits per heavy atom. The summed E-state index contributed by atoms with van der Waals surface area (Å²) in [5.74, 6) is 0.543. The summed E-state index contributed by atoms with van der Waals surface area (Å²) in [5, 5.41) is 2.74. The predicted molar refractivity (Wildman–Crippen MR) is 70.2 cm³/mol. The standard InChI is InChI=1S/C17H14/c1-2-6-14-10-17(9-13(14)5-1)11-15-7-3-4-8-16(15)12-17/h1-7,9-10,16H,8,11H2. The van der Waals surface area contributed by atoms with E-state index in [-0.39, 0.29) is 5.41 Å². The Kier molecular flexibility index (Phi) is 1.80. The summed E-state index contributed by atoms with van der Waals surface area (Å²) >= 11 is 0. The highest BCUT2D eigenvalue weighted by Crippen LogP contribution is 2.49. The number of fused-ring (bicyclic) bond motifs is 2. The SMILES string of the molecule is [C]1C2CC=CC=C2CC12C=c1ccccc1=C2. The van der Waals surface area contributed by atoms with Crippen LogP contribution in [0.15, 0.2) is 48.1 Å². The van der Waals surface area contributed by atoms with Crippen LogP contribution in [0.3, 0.4) is 0 Å². The average Bonchev–Trinajstić information content (AvgIpc) is 2.87. The van der Waals surface area contributed by atoms with Gasteiger partial charge in [-0.25, -0.2) is 0 Å². The van der Waals surface area contributed by atoms with Crippen molar-refractivity contribution in [1.82, 2.24) is 0 Å². The zero-order valence-corrected chi connectivity index (χ0v) is 9.69. The second kappa shape index (κ2) is 3.22. The van der Waals surface area contributed by atoms with Gasteiger partial charge in [0.15, 0.2) is 0 Å². The van der Waals surface area contributed by atoms with Crippen LogP contribution in [-0.2, 0) is 0 Å². The topological polar surface area (TPSA) is 0 Å². The van der Waals surface area contributed by atoms with E-state index in [0.29, 0.717) is 5.92 Å². The third-order valence-corrected chi connectivity index (χ3v) is 4.03. The van der Waals surface area contributed by atoms with E-state index in [1.54, 1.807) is 5.57 Å². The molecule has 17 heavy (non-hydrogen) atoms. The van der Waals surface area contributed by atoms with Gasteiger partial charge in [-0.1, -0.05) is 60.2 Å². The minimum Gasteiger partial charge on any atom is -0.0839 e. The monoisotopic (exact) mass is 218 g/mol. The lowest BCUT2D eigenvalue weighted by Crippen LogP contribution is -2.19. The minimum atomic E-state index is 0.0756. The molecule has 0 nitrogen and oxygen atoms in total. The maximum atomic E-state index is 3.78. The summed E-state index contributed by atoms with van der Waals surface area (Å²) in [6.07, 6.45) is 17.5. The molecule has 0 amide bonds. The van der Waals surface area contributed by atoms with Crippen LogP contribution in [0.5, 0.6) is 0 Å². The first-order valence-electron chi connectivity index (χ1n) is 6.29. The van der Waals surface area contributed by atoms with E-state index < -0.39 is 0 Å². The van der Waals surface area contributed by atoms with Gasteiger partial charge in [0.25, 0.3) is 0 Å². The lowest BCUT2D eigenvalue weighted by molar-refractivity contribution is 0.683. The van der Waals surface area contributed by atoms with Gasteiger partial charge < -0.3 is 0 Å². The molecular weight excluding hydrogens is 204 g/mol. The van der Waals surface area contributed by atoms with Crippen molar-refractivity contribution in [2.75, 3.05) is 0 Å². The van der Waals surface area contributed by atoms with E-state index in [0.717, 1.165) is 12.8 Å². The largest absolute Gasteiger partial charge is 0.0839 e. The molecule has 0 heteroatoms. The third-order valence-electron chi connectivity index (χ3n) is 4.03. The van der Waals surface area contributed by atoms with Crippen molar-refractivity contribution in [3.05, 3.63) is 64.9 Å². The van der Waals surface area contributed by atoms with Crippen LogP contribution in [0.2, 0.25) is 0 Å². The van der Waals surface area contributed by atoms with E-state index in [9.17, 15) is 0 Å². The number of allylic oxidation sites excluding steroid dienone is 4. The normalized spacial score (nSPS) is 27.1. The van der Waals surface area contributed by atoms with E-state index in [1.165, 1.54) is 10.4 Å². The number of benzene rings is 1. The summed E-state index contributed by atoms with van der Waals surface area (Å²) in [6, 6.07) is 8.64. The van der Waals surface area contributed by atoms with Crippen LogP contribution in [0.4, 0.5) is 0 Å². The molecule has 0 bridgehead atoms. The lowest BCUT2D eigenvalue weighted by atomic mass is 9.86. The van der Waals surface area contributed by atoms with Crippen LogP contribution in [0.1, 0.15) is 12.8 Å². The molecule has 82 valence electrons. The second-order valence-electron chi connectivity index (χ2n) is 5.24. The molecule has 1 unspecified atom stereocenters. The molecule has 1 saturated carbocycles. The van der Waals surface area contributed by atoms with Crippen LogP contribution in [0.25, 0.3) is 12.2 Å². The molecule has 0 aliphatic heterocycles. The van der Waals surface area contributed by atoms with Crippen LogP contribution in [0, 0.1) is 17.8 Å².